The van der Waals surface area contributed by atoms with Gasteiger partial charge in [-0.25, -0.2) is 0 Å². The summed E-state index contributed by atoms with van der Waals surface area (Å²) in [5.41, 5.74) is 6.69. The quantitative estimate of drug-likeness (QED) is 0.596. The van der Waals surface area contributed by atoms with Gasteiger partial charge in [-0.15, -0.1) is 0 Å². The number of amides is 1. The molecule has 1 aromatic heterocycles. The predicted molar refractivity (Wildman–Crippen MR) is 67.3 cm³/mol. The number of aryl methyl sites for hydroxylation is 1. The Morgan fingerprint density at radius 2 is 2.38 bits per heavy atom. The molecule has 0 atom stereocenters. The molecule has 1 rings (SSSR count). The van der Waals surface area contributed by atoms with Gasteiger partial charge in [0.15, 0.2) is 0 Å². The largest absolute Gasteiger partial charge is 0.393 e. The van der Waals surface area contributed by atoms with Crippen LogP contribution in [0.4, 0.5) is 0 Å². The van der Waals surface area contributed by atoms with E-state index in [4.69, 9.17) is 18.0 Å². The zero-order valence-corrected chi connectivity index (χ0v) is 10.0. The van der Waals surface area contributed by atoms with E-state index < -0.39 is 0 Å². The maximum Gasteiger partial charge on any atom is 0.270 e. The van der Waals surface area contributed by atoms with Crippen LogP contribution in [0.25, 0.3) is 0 Å². The van der Waals surface area contributed by atoms with Crippen molar-refractivity contribution in [1.29, 1.82) is 0 Å². The Morgan fingerprint density at radius 1 is 1.62 bits per heavy atom. The maximum absolute atomic E-state index is 11.7. The summed E-state index contributed by atoms with van der Waals surface area (Å²) in [6.07, 6.45) is 3.01. The molecule has 0 bridgehead atoms. The summed E-state index contributed by atoms with van der Waals surface area (Å²) in [4.78, 5) is 16.2. The molecule has 1 aromatic rings. The van der Waals surface area contributed by atoms with Crippen molar-refractivity contribution in [3.05, 3.63) is 29.6 Å². The van der Waals surface area contributed by atoms with Crippen molar-refractivity contribution in [2.45, 2.75) is 19.8 Å². The Morgan fingerprint density at radius 3 is 3.00 bits per heavy atom. The first-order chi connectivity index (χ1) is 7.61. The van der Waals surface area contributed by atoms with E-state index in [1.165, 1.54) is 0 Å². The van der Waals surface area contributed by atoms with Gasteiger partial charge in [0.25, 0.3) is 5.91 Å². The third kappa shape index (κ3) is 3.94. The lowest BCUT2D eigenvalue weighted by Gasteiger charge is -2.05. The maximum atomic E-state index is 11.7. The van der Waals surface area contributed by atoms with Crippen molar-refractivity contribution in [2.24, 2.45) is 5.73 Å². The Balaban J connectivity index is 2.41. The minimum Gasteiger partial charge on any atom is -0.393 e. The van der Waals surface area contributed by atoms with Gasteiger partial charge in [0, 0.05) is 12.7 Å². The Kier molecular flexibility index (Phi) is 4.85. The van der Waals surface area contributed by atoms with Crippen LogP contribution in [0.5, 0.6) is 0 Å². The van der Waals surface area contributed by atoms with Gasteiger partial charge in [0.1, 0.15) is 5.69 Å². The molecule has 0 aliphatic heterocycles. The van der Waals surface area contributed by atoms with Crippen molar-refractivity contribution in [3.8, 4) is 0 Å². The minimum absolute atomic E-state index is 0.152. The number of nitrogens with one attached hydrogen (secondary N) is 1. The molecule has 0 saturated carbocycles. The van der Waals surface area contributed by atoms with Gasteiger partial charge in [-0.1, -0.05) is 18.3 Å². The number of hydrogen-bond donors (Lipinski definition) is 2. The zero-order chi connectivity index (χ0) is 12.0. The third-order valence-corrected chi connectivity index (χ3v) is 2.31. The molecule has 0 spiro atoms. The number of aromatic nitrogens is 1. The van der Waals surface area contributed by atoms with Crippen LogP contribution in [-0.4, -0.2) is 22.4 Å². The van der Waals surface area contributed by atoms with E-state index in [2.05, 4.69) is 10.3 Å². The van der Waals surface area contributed by atoms with Crippen LogP contribution in [0.1, 0.15) is 28.9 Å². The molecule has 3 N–H and O–H groups in total. The number of hydrogen-bond acceptors (Lipinski definition) is 3. The Labute approximate surface area is 100 Å². The fourth-order valence-corrected chi connectivity index (χ4v) is 1.42. The second-order valence-electron chi connectivity index (χ2n) is 3.49. The average molecular weight is 237 g/mol. The van der Waals surface area contributed by atoms with Crippen molar-refractivity contribution < 1.29 is 4.79 Å². The van der Waals surface area contributed by atoms with Crippen LogP contribution in [-0.2, 0) is 0 Å². The normalized spacial score (nSPS) is 9.81. The lowest BCUT2D eigenvalue weighted by atomic mass is 10.2. The molecule has 0 aliphatic rings. The van der Waals surface area contributed by atoms with Gasteiger partial charge >= 0.3 is 0 Å². The number of thiocarbonyl (C=S) groups is 1. The number of carbonyl (C=O) groups is 1. The smallest absolute Gasteiger partial charge is 0.270 e. The number of nitrogens with zero attached hydrogens (tertiary/aromatic N) is 1. The van der Waals surface area contributed by atoms with Gasteiger partial charge in [-0.2, -0.15) is 0 Å². The van der Waals surface area contributed by atoms with Gasteiger partial charge in [0.2, 0.25) is 0 Å². The topological polar surface area (TPSA) is 68.0 Å². The number of carbonyl (C=O) groups excluding carboxylic acids is 1. The highest BCUT2D eigenvalue weighted by atomic mass is 32.1. The number of pyridine rings is 1. The van der Waals surface area contributed by atoms with E-state index in [1.807, 2.05) is 13.0 Å². The van der Waals surface area contributed by atoms with Crippen molar-refractivity contribution >= 4 is 23.1 Å². The molecule has 0 saturated heterocycles. The van der Waals surface area contributed by atoms with E-state index >= 15 is 0 Å². The standard InChI is InChI=1S/C11H15N3OS/c1-8-4-2-6-13-10(8)11(15)14-7-3-5-9(12)16/h2,4,6H,3,5,7H2,1H3,(H2,12,16)(H,14,15). The molecule has 4 nitrogen and oxygen atoms in total. The van der Waals surface area contributed by atoms with Crippen molar-refractivity contribution in [3.63, 3.8) is 0 Å². The first-order valence-electron chi connectivity index (χ1n) is 5.09. The van der Waals surface area contributed by atoms with Crippen molar-refractivity contribution in [1.82, 2.24) is 10.3 Å². The highest BCUT2D eigenvalue weighted by Gasteiger charge is 2.08. The molecule has 16 heavy (non-hydrogen) atoms. The fraction of sp³-hybridized carbons (Fsp3) is 0.364. The molecular weight excluding hydrogens is 222 g/mol. The van der Waals surface area contributed by atoms with Crippen LogP contribution >= 0.6 is 12.2 Å². The molecule has 5 heteroatoms. The highest BCUT2D eigenvalue weighted by Crippen LogP contribution is 2.02. The second kappa shape index (κ2) is 6.17. The fourth-order valence-electron chi connectivity index (χ4n) is 1.27. The average Bonchev–Trinajstić information content (AvgIpc) is 2.24. The van der Waals surface area contributed by atoms with Gasteiger partial charge in [0.05, 0.1) is 4.99 Å². The van der Waals surface area contributed by atoms with Gasteiger partial charge in [-0.3, -0.25) is 9.78 Å². The molecule has 0 unspecified atom stereocenters. The summed E-state index contributed by atoms with van der Waals surface area (Å²) in [6.45, 7) is 2.42. The van der Waals surface area contributed by atoms with E-state index in [-0.39, 0.29) is 5.91 Å². The lowest BCUT2D eigenvalue weighted by Crippen LogP contribution is -2.26. The molecule has 0 radical (unpaired) electrons. The summed E-state index contributed by atoms with van der Waals surface area (Å²) in [5.74, 6) is -0.152. The SMILES string of the molecule is Cc1cccnc1C(=O)NCCCC(N)=S. The highest BCUT2D eigenvalue weighted by molar-refractivity contribution is 7.80. The second-order valence-corrected chi connectivity index (χ2v) is 4.02. The molecule has 0 aromatic carbocycles. The first-order valence-corrected chi connectivity index (χ1v) is 5.50. The Hall–Kier alpha value is -1.49. The summed E-state index contributed by atoms with van der Waals surface area (Å²) in [6, 6.07) is 3.66. The van der Waals surface area contributed by atoms with E-state index in [1.54, 1.807) is 12.3 Å². The first kappa shape index (κ1) is 12.6. The van der Waals surface area contributed by atoms with Crippen LogP contribution in [0, 0.1) is 6.92 Å². The zero-order valence-electron chi connectivity index (χ0n) is 9.19. The molecule has 0 aliphatic carbocycles. The molecule has 0 fully saturated rings. The summed E-state index contributed by atoms with van der Waals surface area (Å²) < 4.78 is 0. The van der Waals surface area contributed by atoms with E-state index in [9.17, 15) is 4.79 Å². The van der Waals surface area contributed by atoms with Crippen LogP contribution in [0.2, 0.25) is 0 Å². The molecule has 1 amide bonds. The van der Waals surface area contributed by atoms with Gasteiger partial charge in [-0.05, 0) is 31.4 Å². The summed E-state index contributed by atoms with van der Waals surface area (Å²) >= 11 is 4.74. The van der Waals surface area contributed by atoms with E-state index in [0.717, 1.165) is 12.0 Å². The number of rotatable bonds is 5. The molecule has 86 valence electrons. The monoisotopic (exact) mass is 237 g/mol. The lowest BCUT2D eigenvalue weighted by molar-refractivity contribution is 0.0948. The molecular formula is C11H15N3OS. The predicted octanol–water partition coefficient (Wildman–Crippen LogP) is 1.19. The third-order valence-electron chi connectivity index (χ3n) is 2.11. The summed E-state index contributed by atoms with van der Waals surface area (Å²) in [5, 5.41) is 2.78. The van der Waals surface area contributed by atoms with Crippen LogP contribution in [0.3, 0.4) is 0 Å². The van der Waals surface area contributed by atoms with Crippen molar-refractivity contribution in [2.75, 3.05) is 6.54 Å². The number of nitrogens with two attached hydrogens (primary N) is 1. The molecule has 1 heterocycles. The summed E-state index contributed by atoms with van der Waals surface area (Å²) in [7, 11) is 0. The van der Waals surface area contributed by atoms with E-state index in [0.29, 0.717) is 23.6 Å². The Bertz CT molecular complexity index is 393. The van der Waals surface area contributed by atoms with Gasteiger partial charge < -0.3 is 11.1 Å². The van der Waals surface area contributed by atoms with Crippen LogP contribution in [0.15, 0.2) is 18.3 Å². The van der Waals surface area contributed by atoms with Crippen LogP contribution < -0.4 is 11.1 Å². The minimum atomic E-state index is -0.152.